The van der Waals surface area contributed by atoms with Gasteiger partial charge in [0.15, 0.2) is 5.78 Å². The number of hydrogen-bond donors (Lipinski definition) is 0. The third-order valence-electron chi connectivity index (χ3n) is 1.78. The summed E-state index contributed by atoms with van der Waals surface area (Å²) in [5, 5.41) is -0.238. The van der Waals surface area contributed by atoms with Crippen LogP contribution in [0.4, 0.5) is 13.2 Å². The number of carbonyl (C=O) groups is 1. The average molecular weight is 383 g/mol. The highest BCUT2D eigenvalue weighted by Crippen LogP contribution is 2.35. The van der Waals surface area contributed by atoms with Crippen molar-refractivity contribution in [3.63, 3.8) is 0 Å². The van der Waals surface area contributed by atoms with Gasteiger partial charge in [0, 0.05) is 9.13 Å². The number of halogens is 6. The summed E-state index contributed by atoms with van der Waals surface area (Å²) in [4.78, 5) is 11.2. The number of benzene rings is 1. The number of hydrogen-bond acceptors (Lipinski definition) is 1. The van der Waals surface area contributed by atoms with E-state index in [1.54, 1.807) is 0 Å². The molecule has 0 saturated heterocycles. The van der Waals surface area contributed by atoms with Gasteiger partial charge in [0.1, 0.15) is 0 Å². The van der Waals surface area contributed by atoms with Crippen molar-refractivity contribution < 1.29 is 18.0 Å². The Kier molecular flexibility index (Phi) is 4.48. The van der Waals surface area contributed by atoms with Gasteiger partial charge in [0.2, 0.25) is 0 Å². The third-order valence-corrected chi connectivity index (χ3v) is 3.23. The standard InChI is InChI=1S/C9H4Cl2F3IO/c10-3-8(16)4-1-7(15)5(2-6(4)11)9(12,13)14/h1-2H,3H2. The number of alkyl halides is 4. The first-order valence-electron chi connectivity index (χ1n) is 3.92. The van der Waals surface area contributed by atoms with E-state index in [4.69, 9.17) is 23.2 Å². The molecule has 0 radical (unpaired) electrons. The van der Waals surface area contributed by atoms with Gasteiger partial charge < -0.3 is 0 Å². The molecule has 0 aliphatic rings. The minimum atomic E-state index is -4.48. The van der Waals surface area contributed by atoms with Crippen molar-refractivity contribution in [1.82, 2.24) is 0 Å². The van der Waals surface area contributed by atoms with Crippen LogP contribution in [0.3, 0.4) is 0 Å². The van der Waals surface area contributed by atoms with E-state index in [-0.39, 0.29) is 20.0 Å². The highest BCUT2D eigenvalue weighted by atomic mass is 127. The fraction of sp³-hybridized carbons (Fsp3) is 0.222. The van der Waals surface area contributed by atoms with Crippen molar-refractivity contribution in [2.75, 3.05) is 5.88 Å². The lowest BCUT2D eigenvalue weighted by atomic mass is 10.1. The van der Waals surface area contributed by atoms with E-state index >= 15 is 0 Å². The Balaban J connectivity index is 3.33. The normalized spacial score (nSPS) is 11.6. The Morgan fingerprint density at radius 2 is 1.94 bits per heavy atom. The molecule has 1 rings (SSSR count). The second kappa shape index (κ2) is 5.10. The highest BCUT2D eigenvalue weighted by molar-refractivity contribution is 14.1. The van der Waals surface area contributed by atoms with Gasteiger partial charge in [-0.25, -0.2) is 0 Å². The van der Waals surface area contributed by atoms with Crippen LogP contribution in [0.25, 0.3) is 0 Å². The molecule has 16 heavy (non-hydrogen) atoms. The van der Waals surface area contributed by atoms with Gasteiger partial charge in [-0.1, -0.05) is 11.6 Å². The topological polar surface area (TPSA) is 17.1 Å². The summed E-state index contributed by atoms with van der Waals surface area (Å²) in [5.74, 6) is -0.820. The first-order chi connectivity index (χ1) is 7.27. The van der Waals surface area contributed by atoms with Crippen molar-refractivity contribution in [2.24, 2.45) is 0 Å². The van der Waals surface area contributed by atoms with Crippen LogP contribution < -0.4 is 0 Å². The fourth-order valence-corrected chi connectivity index (χ4v) is 2.24. The molecule has 0 atom stereocenters. The van der Waals surface area contributed by atoms with Crippen LogP contribution >= 0.6 is 45.8 Å². The Bertz CT molecular complexity index is 431. The second-order valence-corrected chi connectivity index (χ2v) is 4.70. The Morgan fingerprint density at radius 3 is 2.38 bits per heavy atom. The average Bonchev–Trinajstić information content (AvgIpc) is 2.18. The molecule has 0 unspecified atom stereocenters. The monoisotopic (exact) mass is 382 g/mol. The van der Waals surface area contributed by atoms with Crippen molar-refractivity contribution in [1.29, 1.82) is 0 Å². The first-order valence-corrected chi connectivity index (χ1v) is 5.92. The van der Waals surface area contributed by atoms with Gasteiger partial charge in [-0.2, -0.15) is 13.2 Å². The fourth-order valence-electron chi connectivity index (χ4n) is 1.05. The molecule has 0 amide bonds. The molecule has 7 heteroatoms. The van der Waals surface area contributed by atoms with E-state index in [1.807, 2.05) is 0 Å². The van der Waals surface area contributed by atoms with Crippen LogP contribution in [0.2, 0.25) is 5.02 Å². The van der Waals surface area contributed by atoms with Crippen molar-refractivity contribution in [3.05, 3.63) is 31.9 Å². The molecule has 0 bridgehead atoms. The molecule has 0 spiro atoms. The van der Waals surface area contributed by atoms with Gasteiger partial charge in [0.25, 0.3) is 0 Å². The smallest absolute Gasteiger partial charge is 0.293 e. The Hall–Kier alpha value is -0.0100. The van der Waals surface area contributed by atoms with Crippen molar-refractivity contribution in [3.8, 4) is 0 Å². The van der Waals surface area contributed by atoms with E-state index < -0.39 is 17.5 Å². The lowest BCUT2D eigenvalue weighted by molar-refractivity contribution is -0.138. The summed E-state index contributed by atoms with van der Waals surface area (Å²) in [6.07, 6.45) is -4.48. The lowest BCUT2D eigenvalue weighted by Gasteiger charge is -2.11. The SMILES string of the molecule is O=C(CCl)c1cc(I)c(C(F)(F)F)cc1Cl. The largest absolute Gasteiger partial charge is 0.417 e. The van der Waals surface area contributed by atoms with Gasteiger partial charge in [-0.3, -0.25) is 4.79 Å². The van der Waals surface area contributed by atoms with Crippen LogP contribution in [0.1, 0.15) is 15.9 Å². The summed E-state index contributed by atoms with van der Waals surface area (Å²) < 4.78 is 37.3. The maximum Gasteiger partial charge on any atom is 0.417 e. The van der Waals surface area contributed by atoms with Crippen LogP contribution in [0, 0.1) is 3.57 Å². The zero-order valence-electron chi connectivity index (χ0n) is 7.54. The molecule has 0 N–H and O–H groups in total. The number of ketones is 1. The quantitative estimate of drug-likeness (QED) is 0.421. The summed E-state index contributed by atoms with van der Waals surface area (Å²) in [5.41, 5.74) is -0.849. The molecule has 0 aliphatic heterocycles. The molecule has 1 nitrogen and oxygen atoms in total. The molecule has 1 aromatic carbocycles. The van der Waals surface area contributed by atoms with Gasteiger partial charge in [-0.05, 0) is 34.7 Å². The molecule has 88 valence electrons. The van der Waals surface area contributed by atoms with E-state index in [2.05, 4.69) is 0 Å². The van der Waals surface area contributed by atoms with E-state index in [0.717, 1.165) is 12.1 Å². The molecule has 0 aliphatic carbocycles. The van der Waals surface area contributed by atoms with E-state index in [0.29, 0.717) is 0 Å². The zero-order valence-corrected chi connectivity index (χ0v) is 11.2. The lowest BCUT2D eigenvalue weighted by Crippen LogP contribution is -2.10. The number of rotatable bonds is 2. The number of carbonyl (C=O) groups excluding carboxylic acids is 1. The molecule has 0 aromatic heterocycles. The Labute approximate surface area is 113 Å². The molecule has 0 heterocycles. The van der Waals surface area contributed by atoms with Crippen LogP contribution in [0.15, 0.2) is 12.1 Å². The van der Waals surface area contributed by atoms with Crippen molar-refractivity contribution >= 4 is 51.6 Å². The zero-order chi connectivity index (χ0) is 12.5. The predicted octanol–water partition coefficient (Wildman–Crippen LogP) is 4.38. The van der Waals surface area contributed by atoms with Crippen LogP contribution in [-0.4, -0.2) is 11.7 Å². The summed E-state index contributed by atoms with van der Waals surface area (Å²) in [7, 11) is 0. The summed E-state index contributed by atoms with van der Waals surface area (Å²) >= 11 is 12.4. The van der Waals surface area contributed by atoms with Crippen molar-refractivity contribution in [2.45, 2.75) is 6.18 Å². The third kappa shape index (κ3) is 3.01. The first kappa shape index (κ1) is 14.1. The highest BCUT2D eigenvalue weighted by Gasteiger charge is 2.34. The van der Waals surface area contributed by atoms with E-state index in [1.165, 1.54) is 22.6 Å². The summed E-state index contributed by atoms with van der Waals surface area (Å²) in [6, 6.07) is 1.83. The number of Topliss-reactive ketones (excluding diaryl/α,β-unsaturated/α-hetero) is 1. The van der Waals surface area contributed by atoms with Gasteiger partial charge in [0.05, 0.1) is 16.5 Å². The van der Waals surface area contributed by atoms with Crippen LogP contribution in [-0.2, 0) is 6.18 Å². The molecular formula is C9H4Cl2F3IO. The maximum atomic E-state index is 12.5. The minimum absolute atomic E-state index is 0.00840. The molecule has 1 aromatic rings. The maximum absolute atomic E-state index is 12.5. The predicted molar refractivity (Wildman–Crippen MR) is 64.2 cm³/mol. The van der Waals surface area contributed by atoms with E-state index in [9.17, 15) is 18.0 Å². The molecule has 0 fully saturated rings. The van der Waals surface area contributed by atoms with Gasteiger partial charge in [-0.15, -0.1) is 11.6 Å². The molecular weight excluding hydrogens is 379 g/mol. The Morgan fingerprint density at radius 1 is 1.38 bits per heavy atom. The van der Waals surface area contributed by atoms with Crippen LogP contribution in [0.5, 0.6) is 0 Å². The second-order valence-electron chi connectivity index (χ2n) is 2.87. The summed E-state index contributed by atoms with van der Waals surface area (Å²) in [6.45, 7) is 0. The minimum Gasteiger partial charge on any atom is -0.293 e. The molecule has 0 saturated carbocycles. The van der Waals surface area contributed by atoms with Gasteiger partial charge >= 0.3 is 6.18 Å².